The molecule has 1 aromatic heterocycles. The second-order valence-electron chi connectivity index (χ2n) is 13.3. The Morgan fingerprint density at radius 3 is 2.05 bits per heavy atom. The number of ether oxygens (including phenoxy) is 1. The first-order valence-corrected chi connectivity index (χ1v) is 14.4. The minimum Gasteiger partial charge on any atom is -0.466 e. The van der Waals surface area contributed by atoms with Gasteiger partial charge in [-0.1, -0.05) is 72.7 Å². The lowest BCUT2D eigenvalue weighted by atomic mass is 9.75. The number of aryl methyl sites for hydroxylation is 1. The molecule has 3 atom stereocenters. The second-order valence-corrected chi connectivity index (χ2v) is 13.3. The average Bonchev–Trinajstić information content (AvgIpc) is 3.25. The quantitative estimate of drug-likeness (QED) is 0.330. The molecule has 0 saturated heterocycles. The van der Waals surface area contributed by atoms with Crippen molar-refractivity contribution < 1.29 is 23.9 Å². The fourth-order valence-corrected chi connectivity index (χ4v) is 5.63. The van der Waals surface area contributed by atoms with E-state index in [2.05, 4.69) is 5.32 Å². The molecule has 9 nitrogen and oxygen atoms in total. The van der Waals surface area contributed by atoms with Gasteiger partial charge in [0, 0.05) is 56.2 Å². The summed E-state index contributed by atoms with van der Waals surface area (Å²) in [5.41, 5.74) is 0.862. The third-order valence-electron chi connectivity index (χ3n) is 8.21. The van der Waals surface area contributed by atoms with Crippen molar-refractivity contribution in [2.45, 2.75) is 85.9 Å². The molecule has 0 bridgehead atoms. The van der Waals surface area contributed by atoms with Gasteiger partial charge >= 0.3 is 5.97 Å². The van der Waals surface area contributed by atoms with Crippen LogP contribution in [0.15, 0.2) is 42.1 Å². The smallest absolute Gasteiger partial charge is 0.333 e. The highest BCUT2D eigenvalue weighted by Crippen LogP contribution is 2.37. The van der Waals surface area contributed by atoms with Crippen molar-refractivity contribution in [2.75, 3.05) is 21.2 Å². The molecular weight excluding hydrogens is 532 g/mol. The number of carbonyl (C=O) groups excluding carboxylic acids is 4. The Morgan fingerprint density at radius 1 is 0.976 bits per heavy atom. The van der Waals surface area contributed by atoms with Crippen molar-refractivity contribution >= 4 is 34.6 Å². The summed E-state index contributed by atoms with van der Waals surface area (Å²) >= 11 is 0. The number of carbonyl (C=O) groups is 4. The van der Waals surface area contributed by atoms with Gasteiger partial charge in [-0.25, -0.2) is 4.79 Å². The van der Waals surface area contributed by atoms with Gasteiger partial charge in [-0.2, -0.15) is 0 Å². The Balaban J connectivity index is 2.57. The van der Waals surface area contributed by atoms with Crippen LogP contribution in [0.3, 0.4) is 0 Å². The Kier molecular flexibility index (Phi) is 10.8. The topological polar surface area (TPSA) is 101 Å². The fraction of sp³-hybridized carbons (Fsp3) is 0.576. The van der Waals surface area contributed by atoms with E-state index in [0.29, 0.717) is 5.57 Å². The summed E-state index contributed by atoms with van der Waals surface area (Å²) < 4.78 is 6.87. The highest BCUT2D eigenvalue weighted by molar-refractivity contribution is 5.95. The van der Waals surface area contributed by atoms with Crippen molar-refractivity contribution in [3.8, 4) is 0 Å². The number of amides is 3. The summed E-state index contributed by atoms with van der Waals surface area (Å²) in [6.45, 7) is 16.6. The van der Waals surface area contributed by atoms with Gasteiger partial charge in [-0.3, -0.25) is 14.4 Å². The predicted molar refractivity (Wildman–Crippen MR) is 167 cm³/mol. The lowest BCUT2D eigenvalue weighted by Gasteiger charge is -2.42. The zero-order valence-corrected chi connectivity index (χ0v) is 27.7. The number of likely N-dealkylation sites (N-methyl/N-ethyl adjacent to an activating group) is 2. The number of methoxy groups -OCH3 is 1. The van der Waals surface area contributed by atoms with Gasteiger partial charge in [0.05, 0.1) is 13.2 Å². The Hall–Kier alpha value is -3.62. The molecule has 0 radical (unpaired) electrons. The highest BCUT2D eigenvalue weighted by atomic mass is 16.5. The number of benzene rings is 1. The number of esters is 1. The second kappa shape index (κ2) is 13.1. The molecule has 1 N–H and O–H groups in total. The molecule has 3 amide bonds. The number of aromatic nitrogens is 1. The summed E-state index contributed by atoms with van der Waals surface area (Å²) in [6, 6.07) is 5.72. The number of nitrogens with zero attached hydrogens (tertiary/aromatic N) is 3. The fourth-order valence-electron chi connectivity index (χ4n) is 5.63. The molecule has 1 aromatic carbocycles. The Labute approximate surface area is 251 Å². The number of fused-ring (bicyclic) bond motifs is 1. The summed E-state index contributed by atoms with van der Waals surface area (Å²) in [4.78, 5) is 56.2. The molecule has 0 aliphatic rings. The normalized spacial score (nSPS) is 14.8. The molecule has 2 aromatic rings. The molecule has 1 heterocycles. The van der Waals surface area contributed by atoms with E-state index < -0.39 is 40.8 Å². The van der Waals surface area contributed by atoms with Crippen LogP contribution in [0, 0.1) is 11.3 Å². The minimum atomic E-state index is -0.911. The van der Waals surface area contributed by atoms with E-state index in [1.54, 1.807) is 32.0 Å². The van der Waals surface area contributed by atoms with Gasteiger partial charge in [-0.05, 0) is 29.9 Å². The number of hydrogen-bond acceptors (Lipinski definition) is 5. The van der Waals surface area contributed by atoms with E-state index in [4.69, 9.17) is 4.74 Å². The Bertz CT molecular complexity index is 1350. The van der Waals surface area contributed by atoms with E-state index in [0.717, 1.165) is 16.5 Å². The van der Waals surface area contributed by atoms with Crippen LogP contribution in [0.1, 0.15) is 67.9 Å². The maximum atomic E-state index is 14.3. The summed E-state index contributed by atoms with van der Waals surface area (Å²) in [7, 11) is 6.57. The lowest BCUT2D eigenvalue weighted by molar-refractivity contribution is -0.144. The van der Waals surface area contributed by atoms with E-state index >= 15 is 0 Å². The molecule has 0 spiro atoms. The van der Waals surface area contributed by atoms with Crippen LogP contribution < -0.4 is 5.32 Å². The van der Waals surface area contributed by atoms with Crippen LogP contribution in [-0.2, 0) is 36.4 Å². The van der Waals surface area contributed by atoms with Crippen LogP contribution in [0.25, 0.3) is 10.9 Å². The van der Waals surface area contributed by atoms with Crippen molar-refractivity contribution in [1.82, 2.24) is 19.7 Å². The molecule has 0 saturated carbocycles. The molecule has 0 unspecified atom stereocenters. The number of rotatable bonds is 10. The third kappa shape index (κ3) is 7.23. The molecule has 2 rings (SSSR count). The first-order chi connectivity index (χ1) is 19.3. The van der Waals surface area contributed by atoms with Gasteiger partial charge in [0.1, 0.15) is 12.1 Å². The summed E-state index contributed by atoms with van der Waals surface area (Å²) in [5, 5.41) is 4.04. The number of hydrogen-bond donors (Lipinski definition) is 1. The average molecular weight is 583 g/mol. The first-order valence-electron chi connectivity index (χ1n) is 14.4. The Morgan fingerprint density at radius 2 is 1.55 bits per heavy atom. The highest BCUT2D eigenvalue weighted by Gasteiger charge is 2.45. The van der Waals surface area contributed by atoms with Gasteiger partial charge in [-0.15, -0.1) is 0 Å². The van der Waals surface area contributed by atoms with Crippen LogP contribution in [0.2, 0.25) is 0 Å². The largest absolute Gasteiger partial charge is 0.466 e. The van der Waals surface area contributed by atoms with Gasteiger partial charge in [0.25, 0.3) is 0 Å². The number of nitrogens with one attached hydrogen (secondary N) is 1. The molecule has 0 fully saturated rings. The van der Waals surface area contributed by atoms with Crippen LogP contribution in [-0.4, -0.2) is 77.4 Å². The van der Waals surface area contributed by atoms with Crippen LogP contribution >= 0.6 is 0 Å². The maximum Gasteiger partial charge on any atom is 0.333 e. The lowest BCUT2D eigenvalue weighted by Crippen LogP contribution is -2.62. The minimum absolute atomic E-state index is 0.0169. The molecule has 42 heavy (non-hydrogen) atoms. The van der Waals surface area contributed by atoms with Gasteiger partial charge in [0.15, 0.2) is 0 Å². The molecular formula is C33H50N4O5. The predicted octanol–water partition coefficient (Wildman–Crippen LogP) is 4.44. The van der Waals surface area contributed by atoms with Crippen molar-refractivity contribution in [2.24, 2.45) is 18.4 Å². The summed E-state index contributed by atoms with van der Waals surface area (Å²) in [5.74, 6) is -1.46. The van der Waals surface area contributed by atoms with Crippen LogP contribution in [0.4, 0.5) is 0 Å². The number of para-hydroxylation sites is 1. The standard InChI is InChI=1S/C33H50N4O5/c1-20(2)26(18-21(3)31(41)42-13)37(12)30(40)27(32(5,6)7)34-29(39)28(36(11)22(4)38)33(8,9)24-19-35(10)25-17-15-14-16-23(24)25/h14-20,26-28H,1-13H3,(H,34,39)/t26-,27-,28-/m1/s1. The van der Waals surface area contributed by atoms with E-state index in [1.807, 2.05) is 90.5 Å². The molecule has 0 aliphatic carbocycles. The van der Waals surface area contributed by atoms with Crippen LogP contribution in [0.5, 0.6) is 0 Å². The monoisotopic (exact) mass is 582 g/mol. The van der Waals surface area contributed by atoms with Gasteiger partial charge in [0.2, 0.25) is 17.7 Å². The summed E-state index contributed by atoms with van der Waals surface area (Å²) in [6.07, 6.45) is 3.73. The zero-order valence-electron chi connectivity index (χ0n) is 27.7. The maximum absolute atomic E-state index is 14.3. The molecule has 0 aliphatic heterocycles. The van der Waals surface area contributed by atoms with Crippen molar-refractivity contribution in [1.29, 1.82) is 0 Å². The molecule has 9 heteroatoms. The third-order valence-corrected chi connectivity index (χ3v) is 8.21. The van der Waals surface area contributed by atoms with E-state index in [9.17, 15) is 19.2 Å². The van der Waals surface area contributed by atoms with Crippen molar-refractivity contribution in [3.05, 3.63) is 47.7 Å². The van der Waals surface area contributed by atoms with Crippen molar-refractivity contribution in [3.63, 3.8) is 0 Å². The van der Waals surface area contributed by atoms with E-state index in [-0.39, 0.29) is 17.7 Å². The molecule has 232 valence electrons. The SMILES string of the molecule is COC(=O)C(C)=C[C@H](C(C)C)N(C)C(=O)[C@@H](NC(=O)[C@@H](N(C)C(C)=O)C(C)(C)c1cn(C)c2ccccc12)C(C)(C)C. The van der Waals surface area contributed by atoms with E-state index in [1.165, 1.54) is 18.9 Å². The zero-order chi connectivity index (χ0) is 32.3. The first kappa shape index (κ1) is 34.6. The van der Waals surface area contributed by atoms with Gasteiger partial charge < -0.3 is 24.4 Å².